The number of carbonyl (C=O) groups excluding carboxylic acids is 1. The van der Waals surface area contributed by atoms with E-state index in [0.29, 0.717) is 16.0 Å². The highest BCUT2D eigenvalue weighted by molar-refractivity contribution is 8.18. The van der Waals surface area contributed by atoms with Gasteiger partial charge in [0.1, 0.15) is 0 Å². The van der Waals surface area contributed by atoms with Crippen LogP contribution in [-0.4, -0.2) is 21.7 Å². The number of allylic oxidation sites excluding steroid dienone is 2. The molecule has 0 aromatic heterocycles. The third-order valence-electron chi connectivity index (χ3n) is 7.06. The van der Waals surface area contributed by atoms with Gasteiger partial charge in [-0.15, -0.1) is 5.10 Å². The molecule has 2 unspecified atom stereocenters. The predicted molar refractivity (Wildman–Crippen MR) is 120 cm³/mol. The lowest BCUT2D eigenvalue weighted by atomic mass is 9.70. The topological polar surface area (TPSA) is 97.0 Å². The number of fused-ring (bicyclic) bond motifs is 2. The zero-order chi connectivity index (χ0) is 21.5. The van der Waals surface area contributed by atoms with Gasteiger partial charge in [0.25, 0.3) is 11.6 Å². The summed E-state index contributed by atoms with van der Waals surface area (Å²) in [5.41, 5.74) is 2.33. The minimum atomic E-state index is -0.433. The second-order valence-corrected chi connectivity index (χ2v) is 9.77. The third-order valence-corrected chi connectivity index (χ3v) is 7.98. The second kappa shape index (κ2) is 7.50. The van der Waals surface area contributed by atoms with Crippen LogP contribution in [-0.2, 0) is 4.79 Å². The van der Waals surface area contributed by atoms with Gasteiger partial charge >= 0.3 is 0 Å². The molecule has 7 nitrogen and oxygen atoms in total. The number of amidine groups is 1. The number of nitrogens with zero attached hydrogens (tertiary/aromatic N) is 3. The van der Waals surface area contributed by atoms with Crippen LogP contribution in [0.1, 0.15) is 45.6 Å². The van der Waals surface area contributed by atoms with E-state index in [2.05, 4.69) is 36.3 Å². The zero-order valence-electron chi connectivity index (χ0n) is 17.2. The van der Waals surface area contributed by atoms with Crippen LogP contribution in [0.5, 0.6) is 0 Å². The van der Waals surface area contributed by atoms with Gasteiger partial charge < -0.3 is 0 Å². The Morgan fingerprint density at radius 1 is 1.23 bits per heavy atom. The van der Waals surface area contributed by atoms with E-state index in [1.165, 1.54) is 30.3 Å². The molecular formula is C22H24N4O3S. The van der Waals surface area contributed by atoms with Crippen LogP contribution in [0, 0.1) is 26.9 Å². The van der Waals surface area contributed by atoms with E-state index in [0.717, 1.165) is 24.1 Å². The maximum atomic E-state index is 12.2. The summed E-state index contributed by atoms with van der Waals surface area (Å²) in [6.07, 6.45) is 8.62. The molecule has 1 amide bonds. The Labute approximate surface area is 179 Å². The maximum absolute atomic E-state index is 12.2. The average Bonchev–Trinajstić information content (AvgIpc) is 3.23. The highest BCUT2D eigenvalue weighted by Gasteiger charge is 2.60. The van der Waals surface area contributed by atoms with Gasteiger partial charge in [-0.05, 0) is 66.1 Å². The molecule has 30 heavy (non-hydrogen) atoms. The smallest absolute Gasteiger partial charge is 0.269 e. The molecule has 1 saturated heterocycles. The molecule has 1 aliphatic heterocycles. The number of carbonyl (C=O) groups is 1. The van der Waals surface area contributed by atoms with E-state index < -0.39 is 4.92 Å². The SMILES string of the molecule is CC12CCC(C/C1=N\N=C1/NC(=O)/C(=C\C=C\c3ccc([N+](=O)[O-])cc3)S1)C2(C)C. The maximum Gasteiger partial charge on any atom is 0.269 e. The van der Waals surface area contributed by atoms with Crippen molar-refractivity contribution in [1.82, 2.24) is 5.32 Å². The minimum Gasteiger partial charge on any atom is -0.299 e. The Morgan fingerprint density at radius 3 is 2.57 bits per heavy atom. The first-order valence-corrected chi connectivity index (χ1v) is 10.8. The molecule has 3 aliphatic rings. The number of benzene rings is 1. The molecule has 1 heterocycles. The molecule has 0 radical (unpaired) electrons. The van der Waals surface area contributed by atoms with E-state index >= 15 is 0 Å². The van der Waals surface area contributed by atoms with Crippen molar-refractivity contribution in [2.24, 2.45) is 27.0 Å². The monoisotopic (exact) mass is 424 g/mol. The lowest BCUT2D eigenvalue weighted by molar-refractivity contribution is -0.384. The minimum absolute atomic E-state index is 0.0476. The van der Waals surface area contributed by atoms with Crippen molar-refractivity contribution >= 4 is 40.3 Å². The number of amides is 1. The van der Waals surface area contributed by atoms with Crippen molar-refractivity contribution in [2.75, 3.05) is 0 Å². The number of nitrogens with one attached hydrogen (secondary N) is 1. The van der Waals surface area contributed by atoms with Gasteiger partial charge in [-0.3, -0.25) is 20.2 Å². The second-order valence-electron chi connectivity index (χ2n) is 8.74. The van der Waals surface area contributed by atoms with E-state index in [1.54, 1.807) is 30.4 Å². The molecule has 0 spiro atoms. The summed E-state index contributed by atoms with van der Waals surface area (Å²) in [6.45, 7) is 6.93. The van der Waals surface area contributed by atoms with E-state index in [4.69, 9.17) is 0 Å². The van der Waals surface area contributed by atoms with Crippen LogP contribution in [0.4, 0.5) is 5.69 Å². The van der Waals surface area contributed by atoms with Crippen LogP contribution in [0.3, 0.4) is 0 Å². The summed E-state index contributed by atoms with van der Waals surface area (Å²) in [6, 6.07) is 6.22. The van der Waals surface area contributed by atoms with Crippen molar-refractivity contribution in [3.8, 4) is 0 Å². The van der Waals surface area contributed by atoms with Gasteiger partial charge in [-0.1, -0.05) is 32.9 Å². The van der Waals surface area contributed by atoms with Crippen molar-refractivity contribution < 1.29 is 9.72 Å². The van der Waals surface area contributed by atoms with Gasteiger partial charge in [0, 0.05) is 23.3 Å². The Hall–Kier alpha value is -2.74. The van der Waals surface area contributed by atoms with Gasteiger partial charge in [-0.2, -0.15) is 5.10 Å². The summed E-state index contributed by atoms with van der Waals surface area (Å²) >= 11 is 1.27. The van der Waals surface area contributed by atoms with Crippen molar-refractivity contribution in [3.05, 3.63) is 57.0 Å². The fourth-order valence-corrected chi connectivity index (χ4v) is 5.35. The molecule has 2 saturated carbocycles. The number of nitro groups is 1. The standard InChI is InChI=1S/C22H24N4O3S/c1-21(2)15-11-12-22(21,3)18(13-15)24-25-20-23-19(27)17(30-20)6-4-5-14-7-9-16(10-8-14)26(28)29/h4-10,15H,11-13H2,1-3H3,(H,23,25,27)/b5-4+,17-6+,24-18+. The van der Waals surface area contributed by atoms with Crippen LogP contribution in [0.25, 0.3) is 6.08 Å². The normalized spacial score (nSPS) is 31.4. The van der Waals surface area contributed by atoms with Gasteiger partial charge in [0.2, 0.25) is 0 Å². The highest BCUT2D eigenvalue weighted by Crippen LogP contribution is 2.64. The molecule has 2 atom stereocenters. The molecule has 156 valence electrons. The molecule has 1 aromatic carbocycles. The van der Waals surface area contributed by atoms with Crippen molar-refractivity contribution in [1.29, 1.82) is 0 Å². The molecule has 1 aromatic rings. The number of nitro benzene ring substituents is 1. The van der Waals surface area contributed by atoms with Crippen LogP contribution < -0.4 is 5.32 Å². The summed E-state index contributed by atoms with van der Waals surface area (Å²) in [7, 11) is 0. The zero-order valence-corrected chi connectivity index (χ0v) is 18.0. The lowest BCUT2D eigenvalue weighted by Crippen LogP contribution is -2.32. The highest BCUT2D eigenvalue weighted by atomic mass is 32.2. The van der Waals surface area contributed by atoms with E-state index in [1.807, 2.05) is 0 Å². The summed E-state index contributed by atoms with van der Waals surface area (Å²) < 4.78 is 0. The molecule has 2 aliphatic carbocycles. The first-order chi connectivity index (χ1) is 14.2. The van der Waals surface area contributed by atoms with Crippen molar-refractivity contribution in [2.45, 2.75) is 40.0 Å². The van der Waals surface area contributed by atoms with Gasteiger partial charge in [0.15, 0.2) is 5.17 Å². The van der Waals surface area contributed by atoms with Crippen LogP contribution in [0.2, 0.25) is 0 Å². The van der Waals surface area contributed by atoms with Gasteiger partial charge in [-0.25, -0.2) is 0 Å². The summed E-state index contributed by atoms with van der Waals surface area (Å²) in [5.74, 6) is 0.457. The largest absolute Gasteiger partial charge is 0.299 e. The lowest BCUT2D eigenvalue weighted by Gasteiger charge is -2.34. The fourth-order valence-electron chi connectivity index (χ4n) is 4.63. The average molecular weight is 425 g/mol. The molecule has 8 heteroatoms. The number of hydrogen-bond donors (Lipinski definition) is 1. The summed E-state index contributed by atoms with van der Waals surface area (Å²) in [4.78, 5) is 23.0. The fraction of sp³-hybridized carbons (Fsp3) is 0.409. The van der Waals surface area contributed by atoms with E-state index in [-0.39, 0.29) is 22.4 Å². The molecule has 4 rings (SSSR count). The third kappa shape index (κ3) is 3.49. The molecular weight excluding hydrogens is 400 g/mol. The molecule has 3 fully saturated rings. The Balaban J connectivity index is 1.43. The van der Waals surface area contributed by atoms with Gasteiger partial charge in [0.05, 0.1) is 9.83 Å². The van der Waals surface area contributed by atoms with Crippen LogP contribution in [0.15, 0.2) is 51.5 Å². The number of non-ortho nitro benzene ring substituents is 1. The quantitative estimate of drug-likeness (QED) is 0.422. The first-order valence-electron chi connectivity index (χ1n) is 9.98. The Kier molecular flexibility index (Phi) is 5.13. The summed E-state index contributed by atoms with van der Waals surface area (Å²) in [5, 5.41) is 22.8. The predicted octanol–water partition coefficient (Wildman–Crippen LogP) is 4.91. The molecule has 2 bridgehead atoms. The Morgan fingerprint density at radius 2 is 1.97 bits per heavy atom. The molecule has 1 N–H and O–H groups in total. The first kappa shape index (κ1) is 20.5. The van der Waals surface area contributed by atoms with Crippen LogP contribution >= 0.6 is 11.8 Å². The Bertz CT molecular complexity index is 1020. The number of rotatable bonds is 4. The van der Waals surface area contributed by atoms with E-state index in [9.17, 15) is 14.9 Å². The number of hydrogen-bond acceptors (Lipinski definition) is 6. The van der Waals surface area contributed by atoms with Crippen molar-refractivity contribution in [3.63, 3.8) is 0 Å². The number of thioether (sulfide) groups is 1.